The molecule has 1 heterocycles. The molecule has 1 unspecified atom stereocenters. The van der Waals surface area contributed by atoms with Gasteiger partial charge in [0.2, 0.25) is 0 Å². The molecule has 0 aromatic carbocycles. The Hall–Kier alpha value is -2.57. The Morgan fingerprint density at radius 2 is 1.72 bits per heavy atom. The van der Waals surface area contributed by atoms with Gasteiger partial charge >= 0.3 is 6.03 Å². The van der Waals surface area contributed by atoms with E-state index in [4.69, 9.17) is 5.73 Å². The Kier molecular flexibility index (Phi) is 16.0. The highest BCUT2D eigenvalue weighted by atomic mass is 16.2. The summed E-state index contributed by atoms with van der Waals surface area (Å²) >= 11 is 0. The maximum Gasteiger partial charge on any atom is 0.317 e. The Morgan fingerprint density at radius 1 is 1.00 bits per heavy atom. The molecule has 7 heteroatoms. The fraction of sp³-hybridized carbons (Fsp3) is 0.750. The first kappa shape index (κ1) is 34.9. The lowest BCUT2D eigenvalue weighted by Gasteiger charge is -2.23. The van der Waals surface area contributed by atoms with Crippen molar-refractivity contribution in [2.24, 2.45) is 22.6 Å². The number of nitrogens with zero attached hydrogens (tertiary/aromatic N) is 3. The van der Waals surface area contributed by atoms with Gasteiger partial charge in [0.25, 0.3) is 5.91 Å². The molecular formula is C36H61N5O2. The van der Waals surface area contributed by atoms with Gasteiger partial charge in [0.15, 0.2) is 5.96 Å². The lowest BCUT2D eigenvalue weighted by atomic mass is 9.85. The van der Waals surface area contributed by atoms with Gasteiger partial charge in [-0.2, -0.15) is 0 Å². The van der Waals surface area contributed by atoms with Crippen molar-refractivity contribution in [3.63, 3.8) is 0 Å². The molecule has 2 fully saturated rings. The average Bonchev–Trinajstić information content (AvgIpc) is 3.14. The fourth-order valence-electron chi connectivity index (χ4n) is 6.67. The number of allylic oxidation sites excluding steroid dienone is 3. The van der Waals surface area contributed by atoms with Crippen LogP contribution in [-0.2, 0) is 4.79 Å². The van der Waals surface area contributed by atoms with Gasteiger partial charge < -0.3 is 16.0 Å². The van der Waals surface area contributed by atoms with Gasteiger partial charge in [-0.05, 0) is 55.1 Å². The maximum atomic E-state index is 13.0. The van der Waals surface area contributed by atoms with E-state index in [1.807, 2.05) is 4.90 Å². The van der Waals surface area contributed by atoms with Crippen molar-refractivity contribution in [2.75, 3.05) is 26.2 Å². The smallest absolute Gasteiger partial charge is 0.317 e. The van der Waals surface area contributed by atoms with Crippen molar-refractivity contribution in [2.45, 2.75) is 136 Å². The topological polar surface area (TPSA) is 91.0 Å². The molecule has 0 bridgehead atoms. The van der Waals surface area contributed by atoms with Crippen LogP contribution in [0.5, 0.6) is 0 Å². The lowest BCUT2D eigenvalue weighted by Crippen LogP contribution is -2.41. The average molecular weight is 596 g/mol. The van der Waals surface area contributed by atoms with Gasteiger partial charge in [-0.15, -0.1) is 0 Å². The molecule has 0 spiro atoms. The predicted octanol–water partition coefficient (Wildman–Crippen LogP) is 7.88. The monoisotopic (exact) mass is 595 g/mol. The Bertz CT molecular complexity index is 972. The van der Waals surface area contributed by atoms with Crippen LogP contribution in [0.15, 0.2) is 40.4 Å². The molecule has 43 heavy (non-hydrogen) atoms. The predicted molar refractivity (Wildman–Crippen MR) is 180 cm³/mol. The molecule has 0 radical (unpaired) electrons. The first-order valence-corrected chi connectivity index (χ1v) is 17.6. The highest BCUT2D eigenvalue weighted by Crippen LogP contribution is 2.29. The number of hydrogen-bond donors (Lipinski definition) is 2. The van der Waals surface area contributed by atoms with Crippen molar-refractivity contribution < 1.29 is 9.59 Å². The number of urea groups is 1. The number of amides is 3. The van der Waals surface area contributed by atoms with Crippen molar-refractivity contribution in [3.8, 4) is 0 Å². The normalized spacial score (nSPS) is 21.4. The number of hydrogen-bond acceptors (Lipinski definition) is 4. The number of guanidine groups is 1. The summed E-state index contributed by atoms with van der Waals surface area (Å²) in [6.45, 7) is 9.12. The molecule has 0 aromatic heterocycles. The Balaban J connectivity index is 0.000000633. The van der Waals surface area contributed by atoms with Crippen molar-refractivity contribution in [3.05, 3.63) is 35.5 Å². The number of carbonyl (C=O) groups is 2. The minimum Gasteiger partial charge on any atom is -0.369 e. The molecule has 0 saturated heterocycles. The molecule has 4 aliphatic rings. The number of rotatable bonds is 13. The van der Waals surface area contributed by atoms with Crippen molar-refractivity contribution in [1.29, 1.82) is 0 Å². The molecular weight excluding hydrogens is 534 g/mol. The van der Waals surface area contributed by atoms with E-state index in [0.29, 0.717) is 19.0 Å². The third-order valence-corrected chi connectivity index (χ3v) is 9.40. The summed E-state index contributed by atoms with van der Waals surface area (Å²) in [5.74, 6) is 2.14. The van der Waals surface area contributed by atoms with Crippen LogP contribution in [-0.4, -0.2) is 59.9 Å². The SMILES string of the molecule is CC1CCCCC1.CCCCCNC(=O)N(CCC)CC1=CC=C(CN2C(=O)C(CCC3CCCCC3)N=C2N)C=CC1. The van der Waals surface area contributed by atoms with E-state index in [1.165, 1.54) is 69.8 Å². The van der Waals surface area contributed by atoms with E-state index in [-0.39, 0.29) is 18.0 Å². The lowest BCUT2D eigenvalue weighted by molar-refractivity contribution is -0.127. The van der Waals surface area contributed by atoms with Crippen LogP contribution in [0.2, 0.25) is 0 Å². The van der Waals surface area contributed by atoms with Crippen LogP contribution in [0, 0.1) is 11.8 Å². The van der Waals surface area contributed by atoms with Crippen LogP contribution in [0.4, 0.5) is 4.79 Å². The number of nitrogens with two attached hydrogens (primary N) is 1. The van der Waals surface area contributed by atoms with Crippen LogP contribution in [0.1, 0.15) is 130 Å². The van der Waals surface area contributed by atoms with Gasteiger partial charge in [-0.3, -0.25) is 9.69 Å². The fourth-order valence-corrected chi connectivity index (χ4v) is 6.67. The molecule has 4 rings (SSSR count). The molecule has 3 amide bonds. The summed E-state index contributed by atoms with van der Waals surface area (Å²) in [5.41, 5.74) is 8.38. The van der Waals surface area contributed by atoms with Gasteiger partial charge in [0.05, 0.1) is 6.54 Å². The Labute approximate surface area is 262 Å². The molecule has 2 saturated carbocycles. The zero-order valence-electron chi connectivity index (χ0n) is 27.6. The van der Waals surface area contributed by atoms with Crippen LogP contribution < -0.4 is 11.1 Å². The first-order valence-electron chi connectivity index (χ1n) is 17.6. The summed E-state index contributed by atoms with van der Waals surface area (Å²) < 4.78 is 0. The van der Waals surface area contributed by atoms with E-state index < -0.39 is 0 Å². The van der Waals surface area contributed by atoms with Gasteiger partial charge in [0, 0.05) is 19.6 Å². The van der Waals surface area contributed by atoms with Gasteiger partial charge in [0.1, 0.15) is 6.04 Å². The van der Waals surface area contributed by atoms with E-state index in [9.17, 15) is 9.59 Å². The van der Waals surface area contributed by atoms with Gasteiger partial charge in [-0.25, -0.2) is 9.79 Å². The summed E-state index contributed by atoms with van der Waals surface area (Å²) in [6, 6.07) is -0.316. The summed E-state index contributed by atoms with van der Waals surface area (Å²) in [7, 11) is 0. The van der Waals surface area contributed by atoms with E-state index in [0.717, 1.165) is 75.4 Å². The van der Waals surface area contributed by atoms with Crippen LogP contribution in [0.3, 0.4) is 0 Å². The highest BCUT2D eigenvalue weighted by molar-refractivity contribution is 6.04. The van der Waals surface area contributed by atoms with Gasteiger partial charge in [-0.1, -0.05) is 122 Å². The van der Waals surface area contributed by atoms with E-state index >= 15 is 0 Å². The van der Waals surface area contributed by atoms with Crippen molar-refractivity contribution >= 4 is 17.9 Å². The largest absolute Gasteiger partial charge is 0.369 e. The highest BCUT2D eigenvalue weighted by Gasteiger charge is 2.33. The second-order valence-electron chi connectivity index (χ2n) is 13.3. The van der Waals surface area contributed by atoms with E-state index in [1.54, 1.807) is 4.90 Å². The van der Waals surface area contributed by atoms with Crippen LogP contribution >= 0.6 is 0 Å². The quantitative estimate of drug-likeness (QED) is 0.212. The maximum absolute atomic E-state index is 13.0. The first-order chi connectivity index (χ1) is 20.9. The summed E-state index contributed by atoms with van der Waals surface area (Å²) in [5, 5.41) is 3.06. The second-order valence-corrected chi connectivity index (χ2v) is 13.3. The zero-order valence-corrected chi connectivity index (χ0v) is 27.6. The molecule has 3 N–H and O–H groups in total. The third-order valence-electron chi connectivity index (χ3n) is 9.40. The minimum absolute atomic E-state index is 0.0113. The third kappa shape index (κ3) is 12.5. The summed E-state index contributed by atoms with van der Waals surface area (Å²) in [6.07, 6.45) is 29.2. The zero-order chi connectivity index (χ0) is 30.9. The standard InChI is InChI=1S/C29H47N5O2.C7H14/c1-3-5-9-19-31-29(36)33(20-4-2)21-24-13-10-14-25(16-15-24)22-34-27(35)26(32-28(34)30)18-17-23-11-7-6-8-12-23;1-7-5-3-2-4-6-7/h10,14-16,23,26H,3-9,11-13,17-22H2,1-2H3,(H2,30,32)(H,31,36);7H,2-6H2,1H3. The molecule has 1 atom stereocenters. The summed E-state index contributed by atoms with van der Waals surface area (Å²) in [4.78, 5) is 33.8. The Morgan fingerprint density at radius 3 is 2.37 bits per heavy atom. The van der Waals surface area contributed by atoms with Crippen molar-refractivity contribution in [1.82, 2.24) is 15.1 Å². The number of unbranched alkanes of at least 4 members (excludes halogenated alkanes) is 2. The van der Waals surface area contributed by atoms with E-state index in [2.05, 4.69) is 55.4 Å². The molecule has 1 aliphatic heterocycles. The number of carbonyl (C=O) groups excluding carboxylic acids is 2. The molecule has 3 aliphatic carbocycles. The number of nitrogens with one attached hydrogen (secondary N) is 1. The molecule has 242 valence electrons. The van der Waals surface area contributed by atoms with Crippen LogP contribution in [0.25, 0.3) is 0 Å². The number of aliphatic imine (C=N–C) groups is 1. The minimum atomic E-state index is -0.327. The second kappa shape index (κ2) is 19.7. The molecule has 0 aromatic rings. The molecule has 7 nitrogen and oxygen atoms in total.